The maximum absolute atomic E-state index is 12.2. The first-order chi connectivity index (χ1) is 12.1. The second kappa shape index (κ2) is 6.64. The Hall–Kier alpha value is -2.14. The molecule has 1 N–H and O–H groups in total. The number of nitrogens with zero attached hydrogens (tertiary/aromatic N) is 2. The lowest BCUT2D eigenvalue weighted by molar-refractivity contribution is 0.273. The van der Waals surface area contributed by atoms with Gasteiger partial charge >= 0.3 is 0 Å². The largest absolute Gasteiger partial charge is 0.496 e. The number of H-pyrrole nitrogens is 1. The molecular weight excluding hydrogens is 314 g/mol. The van der Waals surface area contributed by atoms with Crippen molar-refractivity contribution in [3.05, 3.63) is 56.3 Å². The van der Waals surface area contributed by atoms with Crippen molar-refractivity contribution in [3.8, 4) is 5.75 Å². The second-order valence-electron chi connectivity index (χ2n) is 7.14. The number of aromatic amines is 1. The summed E-state index contributed by atoms with van der Waals surface area (Å²) in [7, 11) is 1.75. The number of benzene rings is 1. The van der Waals surface area contributed by atoms with E-state index in [-0.39, 0.29) is 5.56 Å². The van der Waals surface area contributed by atoms with Crippen LogP contribution >= 0.6 is 0 Å². The molecule has 1 aromatic heterocycles. The van der Waals surface area contributed by atoms with E-state index in [0.29, 0.717) is 5.82 Å². The molecule has 0 unspecified atom stereocenters. The fourth-order valence-electron chi connectivity index (χ4n) is 4.14. The Kier molecular flexibility index (Phi) is 4.34. The molecule has 2 aliphatic rings. The molecule has 132 valence electrons. The smallest absolute Gasteiger partial charge is 0.254 e. The van der Waals surface area contributed by atoms with Crippen LogP contribution in [0.1, 0.15) is 40.2 Å². The molecule has 0 fully saturated rings. The molecule has 1 aliphatic heterocycles. The predicted molar refractivity (Wildman–Crippen MR) is 97.3 cm³/mol. The zero-order valence-corrected chi connectivity index (χ0v) is 15.0. The van der Waals surface area contributed by atoms with Crippen LogP contribution in [0.2, 0.25) is 0 Å². The molecular formula is C20H25N3O2. The van der Waals surface area contributed by atoms with Gasteiger partial charge in [0.15, 0.2) is 0 Å². The fourth-order valence-corrected chi connectivity index (χ4v) is 4.14. The van der Waals surface area contributed by atoms with Crippen molar-refractivity contribution in [2.75, 3.05) is 20.2 Å². The highest BCUT2D eigenvalue weighted by Gasteiger charge is 2.21. The standard InChI is InChI=1S/C20H25N3O2/c1-13-21-18-7-9-23(8-6-17(18)20(24)22-13)12-16-10-14-4-3-5-15(14)11-19(16)25-2/h10-11H,3-9,12H2,1-2H3,(H,21,22,24). The van der Waals surface area contributed by atoms with Crippen LogP contribution in [0.5, 0.6) is 5.75 Å². The molecule has 0 spiro atoms. The van der Waals surface area contributed by atoms with Crippen LogP contribution in [0.15, 0.2) is 16.9 Å². The lowest BCUT2D eigenvalue weighted by Crippen LogP contribution is -2.26. The van der Waals surface area contributed by atoms with E-state index in [1.807, 2.05) is 6.92 Å². The third-order valence-corrected chi connectivity index (χ3v) is 5.45. The first kappa shape index (κ1) is 16.3. The molecule has 2 aromatic rings. The number of aromatic nitrogens is 2. The third kappa shape index (κ3) is 3.21. The highest BCUT2D eigenvalue weighted by molar-refractivity contribution is 5.44. The van der Waals surface area contributed by atoms with Gasteiger partial charge in [-0.1, -0.05) is 6.07 Å². The Labute approximate surface area is 148 Å². The lowest BCUT2D eigenvalue weighted by Gasteiger charge is -2.21. The highest BCUT2D eigenvalue weighted by Crippen LogP contribution is 2.31. The van der Waals surface area contributed by atoms with Crippen LogP contribution in [-0.2, 0) is 32.2 Å². The van der Waals surface area contributed by atoms with Gasteiger partial charge < -0.3 is 9.72 Å². The van der Waals surface area contributed by atoms with Gasteiger partial charge in [0, 0.05) is 37.2 Å². The Morgan fingerprint density at radius 2 is 1.92 bits per heavy atom. The molecule has 0 radical (unpaired) electrons. The highest BCUT2D eigenvalue weighted by atomic mass is 16.5. The van der Waals surface area contributed by atoms with Gasteiger partial charge in [-0.25, -0.2) is 4.98 Å². The molecule has 0 saturated heterocycles. The van der Waals surface area contributed by atoms with Crippen LogP contribution in [0.25, 0.3) is 0 Å². The number of rotatable bonds is 3. The Balaban J connectivity index is 1.55. The molecule has 0 atom stereocenters. The molecule has 0 saturated carbocycles. The van der Waals surface area contributed by atoms with Gasteiger partial charge in [-0.05, 0) is 49.8 Å². The first-order valence-corrected chi connectivity index (χ1v) is 9.13. The monoisotopic (exact) mass is 339 g/mol. The van der Waals surface area contributed by atoms with Crippen molar-refractivity contribution in [3.63, 3.8) is 0 Å². The Bertz CT molecular complexity index is 857. The van der Waals surface area contributed by atoms with Crippen molar-refractivity contribution in [2.24, 2.45) is 0 Å². The molecule has 0 amide bonds. The normalized spacial score (nSPS) is 17.0. The molecule has 2 heterocycles. The summed E-state index contributed by atoms with van der Waals surface area (Å²) in [5.41, 5.74) is 6.02. The van der Waals surface area contributed by atoms with Gasteiger partial charge in [-0.3, -0.25) is 9.69 Å². The summed E-state index contributed by atoms with van der Waals surface area (Å²) in [5.74, 6) is 1.70. The second-order valence-corrected chi connectivity index (χ2v) is 7.14. The predicted octanol–water partition coefficient (Wildman–Crippen LogP) is 2.18. The zero-order chi connectivity index (χ0) is 17.4. The lowest BCUT2D eigenvalue weighted by atomic mass is 10.0. The first-order valence-electron chi connectivity index (χ1n) is 9.13. The molecule has 25 heavy (non-hydrogen) atoms. The topological polar surface area (TPSA) is 58.2 Å². The van der Waals surface area contributed by atoms with E-state index < -0.39 is 0 Å². The van der Waals surface area contributed by atoms with Crippen LogP contribution < -0.4 is 10.3 Å². The van der Waals surface area contributed by atoms with E-state index >= 15 is 0 Å². The summed E-state index contributed by atoms with van der Waals surface area (Å²) in [5, 5.41) is 0. The van der Waals surface area contributed by atoms with Crippen LogP contribution in [-0.4, -0.2) is 35.1 Å². The summed E-state index contributed by atoms with van der Waals surface area (Å²) in [6, 6.07) is 4.55. The number of fused-ring (bicyclic) bond motifs is 2. The van der Waals surface area contributed by atoms with E-state index in [1.165, 1.54) is 36.0 Å². The van der Waals surface area contributed by atoms with Crippen LogP contribution in [0, 0.1) is 6.92 Å². The summed E-state index contributed by atoms with van der Waals surface area (Å²) >= 11 is 0. The van der Waals surface area contributed by atoms with Gasteiger partial charge in [0.05, 0.1) is 12.8 Å². The average Bonchev–Trinajstić information content (AvgIpc) is 2.94. The number of nitrogens with one attached hydrogen (secondary N) is 1. The van der Waals surface area contributed by atoms with Gasteiger partial charge in [0.2, 0.25) is 0 Å². The Morgan fingerprint density at radius 1 is 1.16 bits per heavy atom. The zero-order valence-electron chi connectivity index (χ0n) is 15.0. The molecule has 1 aliphatic carbocycles. The van der Waals surface area contributed by atoms with Gasteiger partial charge in [0.1, 0.15) is 11.6 Å². The summed E-state index contributed by atoms with van der Waals surface area (Å²) < 4.78 is 5.65. The van der Waals surface area contributed by atoms with Gasteiger partial charge in [0.25, 0.3) is 5.56 Å². The van der Waals surface area contributed by atoms with Crippen molar-refractivity contribution in [2.45, 2.75) is 45.6 Å². The Morgan fingerprint density at radius 3 is 2.72 bits per heavy atom. The van der Waals surface area contributed by atoms with Gasteiger partial charge in [-0.15, -0.1) is 0 Å². The summed E-state index contributed by atoms with van der Waals surface area (Å²) in [6.45, 7) is 4.51. The van der Waals surface area contributed by atoms with E-state index in [1.54, 1.807) is 7.11 Å². The SMILES string of the molecule is COc1cc2c(cc1CN1CCc3nc(C)[nH]c(=O)c3CC1)CCC2. The fraction of sp³-hybridized carbons (Fsp3) is 0.500. The third-order valence-electron chi connectivity index (χ3n) is 5.45. The van der Waals surface area contributed by atoms with E-state index in [4.69, 9.17) is 4.74 Å². The molecule has 1 aromatic carbocycles. The van der Waals surface area contributed by atoms with E-state index in [9.17, 15) is 4.79 Å². The van der Waals surface area contributed by atoms with Crippen molar-refractivity contribution < 1.29 is 4.74 Å². The number of hydrogen-bond donors (Lipinski definition) is 1. The number of ether oxygens (including phenoxy) is 1. The summed E-state index contributed by atoms with van der Waals surface area (Å²) in [6.07, 6.45) is 5.17. The molecule has 4 rings (SSSR count). The average molecular weight is 339 g/mol. The minimum absolute atomic E-state index is 0.0273. The maximum Gasteiger partial charge on any atom is 0.254 e. The molecule has 5 heteroatoms. The maximum atomic E-state index is 12.2. The summed E-state index contributed by atoms with van der Waals surface area (Å²) in [4.78, 5) is 22.0. The van der Waals surface area contributed by atoms with Crippen molar-refractivity contribution >= 4 is 0 Å². The van der Waals surface area contributed by atoms with Crippen molar-refractivity contribution in [1.29, 1.82) is 0 Å². The molecule has 5 nitrogen and oxygen atoms in total. The number of methoxy groups -OCH3 is 1. The quantitative estimate of drug-likeness (QED) is 0.931. The minimum atomic E-state index is 0.0273. The minimum Gasteiger partial charge on any atom is -0.496 e. The molecule has 0 bridgehead atoms. The number of aryl methyl sites for hydroxylation is 3. The van der Waals surface area contributed by atoms with E-state index in [2.05, 4.69) is 27.0 Å². The van der Waals surface area contributed by atoms with Crippen molar-refractivity contribution in [1.82, 2.24) is 14.9 Å². The van der Waals surface area contributed by atoms with Crippen LogP contribution in [0.3, 0.4) is 0 Å². The number of hydrogen-bond acceptors (Lipinski definition) is 4. The van der Waals surface area contributed by atoms with Gasteiger partial charge in [-0.2, -0.15) is 0 Å². The van der Waals surface area contributed by atoms with E-state index in [0.717, 1.165) is 49.5 Å². The van der Waals surface area contributed by atoms with Crippen LogP contribution in [0.4, 0.5) is 0 Å².